The maximum atomic E-state index is 12.1. The molecule has 2 aromatic rings. The van der Waals surface area contributed by atoms with E-state index in [1.807, 2.05) is 6.07 Å². The van der Waals surface area contributed by atoms with E-state index in [0.717, 1.165) is 29.7 Å². The van der Waals surface area contributed by atoms with Crippen LogP contribution in [0.25, 0.3) is 10.2 Å². The summed E-state index contributed by atoms with van der Waals surface area (Å²) in [6.07, 6.45) is 1.95. The van der Waals surface area contributed by atoms with Crippen molar-refractivity contribution in [1.29, 1.82) is 0 Å². The van der Waals surface area contributed by atoms with Crippen molar-refractivity contribution < 1.29 is 9.53 Å². The van der Waals surface area contributed by atoms with E-state index in [0.29, 0.717) is 16.6 Å². The monoisotopic (exact) mass is 296 g/mol. The first-order chi connectivity index (χ1) is 9.22. The van der Waals surface area contributed by atoms with E-state index in [2.05, 4.69) is 10.3 Å². The number of thiazole rings is 1. The van der Waals surface area contributed by atoms with E-state index in [-0.39, 0.29) is 11.9 Å². The molecule has 0 radical (unpaired) electrons. The molecule has 1 atom stereocenters. The van der Waals surface area contributed by atoms with Gasteiger partial charge >= 0.3 is 0 Å². The Hall–Kier alpha value is -1.17. The molecule has 0 spiro atoms. The number of benzene rings is 1. The minimum absolute atomic E-state index is 0.0943. The Balaban J connectivity index is 1.77. The zero-order chi connectivity index (χ0) is 13.2. The fraction of sp³-hybridized carbons (Fsp3) is 0.385. The number of ether oxygens (including phenoxy) is 1. The lowest BCUT2D eigenvalue weighted by Gasteiger charge is -2.22. The topological polar surface area (TPSA) is 51.2 Å². The number of fused-ring (bicyclic) bond motifs is 1. The first-order valence-corrected chi connectivity index (χ1v) is 7.36. The highest BCUT2D eigenvalue weighted by molar-refractivity contribution is 7.20. The van der Waals surface area contributed by atoms with Crippen LogP contribution in [0.1, 0.15) is 22.6 Å². The molecule has 0 unspecified atom stereocenters. The summed E-state index contributed by atoms with van der Waals surface area (Å²) in [6.45, 7) is 1.37. The van der Waals surface area contributed by atoms with E-state index < -0.39 is 0 Å². The summed E-state index contributed by atoms with van der Waals surface area (Å²) in [4.78, 5) is 16.4. The number of hydrogen-bond acceptors (Lipinski definition) is 4. The van der Waals surface area contributed by atoms with Gasteiger partial charge in [0.25, 0.3) is 5.91 Å². The first kappa shape index (κ1) is 12.8. The van der Waals surface area contributed by atoms with Gasteiger partial charge in [-0.2, -0.15) is 0 Å². The van der Waals surface area contributed by atoms with Gasteiger partial charge in [0.1, 0.15) is 0 Å². The molecule has 19 heavy (non-hydrogen) atoms. The number of amides is 1. The molecular formula is C13H13ClN2O2S. The largest absolute Gasteiger partial charge is 0.379 e. The van der Waals surface area contributed by atoms with Gasteiger partial charge in [-0.15, -0.1) is 11.3 Å². The lowest BCUT2D eigenvalue weighted by Crippen LogP contribution is -2.40. The van der Waals surface area contributed by atoms with Crippen LogP contribution >= 0.6 is 22.9 Å². The Morgan fingerprint density at radius 3 is 3.21 bits per heavy atom. The molecule has 4 nitrogen and oxygen atoms in total. The van der Waals surface area contributed by atoms with Crippen molar-refractivity contribution in [3.05, 3.63) is 28.2 Å². The Morgan fingerprint density at radius 2 is 2.42 bits per heavy atom. The van der Waals surface area contributed by atoms with Crippen molar-refractivity contribution in [1.82, 2.24) is 10.3 Å². The molecule has 1 aromatic heterocycles. The molecule has 0 aliphatic carbocycles. The van der Waals surface area contributed by atoms with Crippen molar-refractivity contribution in [2.24, 2.45) is 0 Å². The molecular weight excluding hydrogens is 284 g/mol. The van der Waals surface area contributed by atoms with Crippen LogP contribution in [-0.4, -0.2) is 30.1 Å². The Morgan fingerprint density at radius 1 is 1.53 bits per heavy atom. The standard InChI is InChI=1S/C13H13ClN2O2S/c14-8-3-4-11-10(6-8)16-13(19-11)12(17)15-9-2-1-5-18-7-9/h3-4,6,9H,1-2,5,7H2,(H,15,17)/t9-/m1/s1. The molecule has 100 valence electrons. The second-order valence-corrected chi connectivity index (χ2v) is 5.99. The van der Waals surface area contributed by atoms with Gasteiger partial charge in [-0.25, -0.2) is 4.98 Å². The van der Waals surface area contributed by atoms with Gasteiger partial charge in [0.15, 0.2) is 5.01 Å². The van der Waals surface area contributed by atoms with Crippen LogP contribution in [0.5, 0.6) is 0 Å². The van der Waals surface area contributed by atoms with Gasteiger partial charge < -0.3 is 10.1 Å². The van der Waals surface area contributed by atoms with Crippen LogP contribution in [0.4, 0.5) is 0 Å². The van der Waals surface area contributed by atoms with Crippen molar-refractivity contribution in [3.8, 4) is 0 Å². The SMILES string of the molecule is O=C(N[C@@H]1CCCOC1)c1nc2cc(Cl)ccc2s1. The molecule has 3 rings (SSSR count). The average Bonchev–Trinajstić information content (AvgIpc) is 2.83. The minimum atomic E-state index is -0.132. The molecule has 1 aliphatic heterocycles. The van der Waals surface area contributed by atoms with E-state index in [9.17, 15) is 4.79 Å². The summed E-state index contributed by atoms with van der Waals surface area (Å²) < 4.78 is 6.31. The van der Waals surface area contributed by atoms with Gasteiger partial charge in [-0.3, -0.25) is 4.79 Å². The minimum Gasteiger partial charge on any atom is -0.379 e. The van der Waals surface area contributed by atoms with Crippen LogP contribution in [-0.2, 0) is 4.74 Å². The number of halogens is 1. The zero-order valence-corrected chi connectivity index (χ0v) is 11.8. The first-order valence-electron chi connectivity index (χ1n) is 6.17. The summed E-state index contributed by atoms with van der Waals surface area (Å²) >= 11 is 7.29. The number of rotatable bonds is 2. The number of carbonyl (C=O) groups is 1. The average molecular weight is 297 g/mol. The smallest absolute Gasteiger partial charge is 0.280 e. The fourth-order valence-electron chi connectivity index (χ4n) is 2.10. The van der Waals surface area contributed by atoms with E-state index in [4.69, 9.17) is 16.3 Å². The molecule has 1 aromatic carbocycles. The number of aromatic nitrogens is 1. The molecule has 2 heterocycles. The van der Waals surface area contributed by atoms with Crippen molar-refractivity contribution in [3.63, 3.8) is 0 Å². The van der Waals surface area contributed by atoms with E-state index in [1.54, 1.807) is 12.1 Å². The van der Waals surface area contributed by atoms with Crippen LogP contribution in [0.15, 0.2) is 18.2 Å². The summed E-state index contributed by atoms with van der Waals surface area (Å²) in [7, 11) is 0. The van der Waals surface area contributed by atoms with Gasteiger partial charge in [-0.05, 0) is 31.0 Å². The van der Waals surface area contributed by atoms with Crippen LogP contribution < -0.4 is 5.32 Å². The Bertz CT molecular complexity index is 608. The number of nitrogens with zero attached hydrogens (tertiary/aromatic N) is 1. The lowest BCUT2D eigenvalue weighted by atomic mass is 10.1. The second kappa shape index (κ2) is 5.45. The number of nitrogens with one attached hydrogen (secondary N) is 1. The zero-order valence-electron chi connectivity index (χ0n) is 10.2. The highest BCUT2D eigenvalue weighted by Crippen LogP contribution is 2.25. The molecule has 0 saturated carbocycles. The molecule has 1 saturated heterocycles. The van der Waals surface area contributed by atoms with Crippen LogP contribution in [0.3, 0.4) is 0 Å². The highest BCUT2D eigenvalue weighted by Gasteiger charge is 2.19. The summed E-state index contributed by atoms with van der Waals surface area (Å²) in [5.41, 5.74) is 0.766. The normalized spacial score (nSPS) is 19.5. The van der Waals surface area contributed by atoms with Gasteiger partial charge in [0, 0.05) is 11.6 Å². The van der Waals surface area contributed by atoms with Crippen molar-refractivity contribution in [2.75, 3.05) is 13.2 Å². The van der Waals surface area contributed by atoms with E-state index in [1.165, 1.54) is 11.3 Å². The van der Waals surface area contributed by atoms with Gasteiger partial charge in [-0.1, -0.05) is 11.6 Å². The van der Waals surface area contributed by atoms with Crippen molar-refractivity contribution >= 4 is 39.1 Å². The molecule has 6 heteroatoms. The number of carbonyl (C=O) groups excluding carboxylic acids is 1. The Labute approximate surface area is 119 Å². The molecule has 1 N–H and O–H groups in total. The molecule has 1 amide bonds. The van der Waals surface area contributed by atoms with Crippen molar-refractivity contribution in [2.45, 2.75) is 18.9 Å². The fourth-order valence-corrected chi connectivity index (χ4v) is 3.11. The maximum Gasteiger partial charge on any atom is 0.280 e. The number of hydrogen-bond donors (Lipinski definition) is 1. The summed E-state index contributed by atoms with van der Waals surface area (Å²) in [5.74, 6) is -0.132. The summed E-state index contributed by atoms with van der Waals surface area (Å²) in [5, 5.41) is 4.07. The maximum absolute atomic E-state index is 12.1. The quantitative estimate of drug-likeness (QED) is 0.927. The predicted octanol–water partition coefficient (Wildman–Crippen LogP) is 2.86. The third-order valence-corrected chi connectivity index (χ3v) is 4.31. The predicted molar refractivity (Wildman–Crippen MR) is 75.9 cm³/mol. The third kappa shape index (κ3) is 2.88. The molecule has 1 aliphatic rings. The van der Waals surface area contributed by atoms with Crippen LogP contribution in [0, 0.1) is 0 Å². The van der Waals surface area contributed by atoms with Crippen LogP contribution in [0.2, 0.25) is 5.02 Å². The molecule has 1 fully saturated rings. The summed E-state index contributed by atoms with van der Waals surface area (Å²) in [6, 6.07) is 5.56. The van der Waals surface area contributed by atoms with Gasteiger partial charge in [0.05, 0.1) is 22.9 Å². The molecule has 0 bridgehead atoms. The van der Waals surface area contributed by atoms with Gasteiger partial charge in [0.2, 0.25) is 0 Å². The lowest BCUT2D eigenvalue weighted by molar-refractivity contribution is 0.0624. The highest BCUT2D eigenvalue weighted by atomic mass is 35.5. The second-order valence-electron chi connectivity index (χ2n) is 4.52. The van der Waals surface area contributed by atoms with E-state index >= 15 is 0 Å². The Kier molecular flexibility index (Phi) is 3.68. The third-order valence-electron chi connectivity index (χ3n) is 3.04.